The molecule has 0 aliphatic heterocycles. The number of hydrogen-bond acceptors (Lipinski definition) is 3. The SMILES string of the molecule is O=S(=O)(Cl)c1ccc(-c2cccc(F)c2)c(O)c1. The molecule has 0 heterocycles. The lowest BCUT2D eigenvalue weighted by Crippen LogP contribution is -1.91. The Kier molecular flexibility index (Phi) is 3.28. The smallest absolute Gasteiger partial charge is 0.261 e. The number of phenolic OH excluding ortho intramolecular Hbond substituents is 1. The van der Waals surface area contributed by atoms with E-state index in [2.05, 4.69) is 0 Å². The number of aromatic hydroxyl groups is 1. The topological polar surface area (TPSA) is 54.4 Å². The minimum Gasteiger partial charge on any atom is -0.507 e. The maximum absolute atomic E-state index is 13.1. The highest BCUT2D eigenvalue weighted by atomic mass is 35.7. The van der Waals surface area contributed by atoms with Gasteiger partial charge in [0.2, 0.25) is 0 Å². The molecule has 0 amide bonds. The van der Waals surface area contributed by atoms with E-state index in [0.717, 1.165) is 6.07 Å². The molecule has 0 radical (unpaired) electrons. The molecule has 6 heteroatoms. The Morgan fingerprint density at radius 3 is 2.39 bits per heavy atom. The van der Waals surface area contributed by atoms with Gasteiger partial charge in [-0.1, -0.05) is 12.1 Å². The molecule has 3 nitrogen and oxygen atoms in total. The standard InChI is InChI=1S/C12H8ClFO3S/c13-18(16,17)10-4-5-11(12(15)7-10)8-2-1-3-9(14)6-8/h1-7,15H. The molecule has 2 rings (SSSR count). The fourth-order valence-corrected chi connectivity index (χ4v) is 2.33. The Hall–Kier alpha value is -1.59. The largest absolute Gasteiger partial charge is 0.507 e. The molecule has 18 heavy (non-hydrogen) atoms. The summed E-state index contributed by atoms with van der Waals surface area (Å²) in [5, 5.41) is 9.75. The van der Waals surface area contributed by atoms with Crippen molar-refractivity contribution in [3.05, 3.63) is 48.3 Å². The van der Waals surface area contributed by atoms with Gasteiger partial charge in [-0.3, -0.25) is 0 Å². The lowest BCUT2D eigenvalue weighted by Gasteiger charge is -2.06. The molecule has 0 fully saturated rings. The summed E-state index contributed by atoms with van der Waals surface area (Å²) >= 11 is 0. The molecule has 0 aliphatic carbocycles. The second kappa shape index (κ2) is 4.59. The molecule has 0 bridgehead atoms. The lowest BCUT2D eigenvalue weighted by atomic mass is 10.0. The van der Waals surface area contributed by atoms with Gasteiger partial charge in [-0.05, 0) is 29.8 Å². The highest BCUT2D eigenvalue weighted by molar-refractivity contribution is 8.13. The normalized spacial score (nSPS) is 11.4. The molecule has 0 aromatic heterocycles. The van der Waals surface area contributed by atoms with Gasteiger partial charge in [0.05, 0.1) is 4.90 Å². The average molecular weight is 287 g/mol. The summed E-state index contributed by atoms with van der Waals surface area (Å²) in [6.45, 7) is 0. The summed E-state index contributed by atoms with van der Waals surface area (Å²) in [6.07, 6.45) is 0. The minimum absolute atomic E-state index is 0.207. The van der Waals surface area contributed by atoms with Gasteiger partial charge in [-0.2, -0.15) is 0 Å². The van der Waals surface area contributed by atoms with Crippen LogP contribution in [0, 0.1) is 5.82 Å². The van der Waals surface area contributed by atoms with Crippen molar-refractivity contribution in [1.82, 2.24) is 0 Å². The number of phenols is 1. The predicted octanol–water partition coefficient (Wildman–Crippen LogP) is 3.13. The van der Waals surface area contributed by atoms with E-state index in [9.17, 15) is 17.9 Å². The third-order valence-corrected chi connectivity index (χ3v) is 3.74. The predicted molar refractivity (Wildman–Crippen MR) is 66.5 cm³/mol. The molecular formula is C12H8ClFO3S. The number of halogens is 2. The van der Waals surface area contributed by atoms with Crippen LogP contribution in [-0.4, -0.2) is 13.5 Å². The van der Waals surface area contributed by atoms with E-state index >= 15 is 0 Å². The highest BCUT2D eigenvalue weighted by Gasteiger charge is 2.13. The first kappa shape index (κ1) is 12.9. The minimum atomic E-state index is -3.89. The van der Waals surface area contributed by atoms with Crippen molar-refractivity contribution >= 4 is 19.7 Å². The molecule has 0 spiro atoms. The molecule has 0 atom stereocenters. The molecule has 0 saturated heterocycles. The third-order valence-electron chi connectivity index (χ3n) is 2.39. The molecule has 0 unspecified atom stereocenters. The average Bonchev–Trinajstić information content (AvgIpc) is 2.27. The van der Waals surface area contributed by atoms with Crippen LogP contribution in [-0.2, 0) is 9.05 Å². The van der Waals surface area contributed by atoms with Crippen molar-refractivity contribution in [2.24, 2.45) is 0 Å². The van der Waals surface area contributed by atoms with Crippen molar-refractivity contribution in [3.8, 4) is 16.9 Å². The highest BCUT2D eigenvalue weighted by Crippen LogP contribution is 2.32. The second-order valence-corrected chi connectivity index (χ2v) is 6.19. The van der Waals surface area contributed by atoms with E-state index < -0.39 is 14.9 Å². The van der Waals surface area contributed by atoms with Gasteiger partial charge in [0.25, 0.3) is 9.05 Å². The van der Waals surface area contributed by atoms with Crippen LogP contribution >= 0.6 is 10.7 Å². The summed E-state index contributed by atoms with van der Waals surface area (Å²) in [6, 6.07) is 9.27. The molecular weight excluding hydrogens is 279 g/mol. The van der Waals surface area contributed by atoms with E-state index in [0.29, 0.717) is 11.1 Å². The molecule has 0 aliphatic rings. The monoisotopic (exact) mass is 286 g/mol. The van der Waals surface area contributed by atoms with Crippen LogP contribution in [0.25, 0.3) is 11.1 Å². The van der Waals surface area contributed by atoms with Crippen molar-refractivity contribution in [3.63, 3.8) is 0 Å². The Morgan fingerprint density at radius 1 is 1.11 bits per heavy atom. The Morgan fingerprint density at radius 2 is 1.83 bits per heavy atom. The molecule has 0 saturated carbocycles. The number of rotatable bonds is 2. The first-order chi connectivity index (χ1) is 8.38. The fourth-order valence-electron chi connectivity index (χ4n) is 1.56. The van der Waals surface area contributed by atoms with Crippen LogP contribution in [0.3, 0.4) is 0 Å². The van der Waals surface area contributed by atoms with E-state index in [1.165, 1.54) is 30.3 Å². The maximum atomic E-state index is 13.1. The van der Waals surface area contributed by atoms with Crippen molar-refractivity contribution in [1.29, 1.82) is 0 Å². The molecule has 2 aromatic rings. The van der Waals surface area contributed by atoms with Gasteiger partial charge in [-0.25, -0.2) is 12.8 Å². The van der Waals surface area contributed by atoms with Gasteiger partial charge < -0.3 is 5.11 Å². The molecule has 1 N–H and O–H groups in total. The van der Waals surface area contributed by atoms with Crippen molar-refractivity contribution < 1.29 is 17.9 Å². The van der Waals surface area contributed by atoms with E-state index in [-0.39, 0.29) is 10.6 Å². The van der Waals surface area contributed by atoms with Crippen LogP contribution in [0.4, 0.5) is 4.39 Å². The van der Waals surface area contributed by atoms with Gasteiger partial charge >= 0.3 is 0 Å². The maximum Gasteiger partial charge on any atom is 0.261 e. The van der Waals surface area contributed by atoms with Crippen molar-refractivity contribution in [2.75, 3.05) is 0 Å². The van der Waals surface area contributed by atoms with Crippen LogP contribution in [0.1, 0.15) is 0 Å². The van der Waals surface area contributed by atoms with E-state index in [1.54, 1.807) is 6.07 Å². The summed E-state index contributed by atoms with van der Waals surface area (Å²) < 4.78 is 35.2. The lowest BCUT2D eigenvalue weighted by molar-refractivity contribution is 0.475. The third kappa shape index (κ3) is 2.63. The zero-order valence-electron chi connectivity index (χ0n) is 8.97. The summed E-state index contributed by atoms with van der Waals surface area (Å²) in [5.41, 5.74) is 0.782. The fraction of sp³-hybridized carbons (Fsp3) is 0. The van der Waals surface area contributed by atoms with Crippen LogP contribution in [0.5, 0.6) is 5.75 Å². The number of benzene rings is 2. The van der Waals surface area contributed by atoms with Gasteiger partial charge in [0, 0.05) is 22.3 Å². The van der Waals surface area contributed by atoms with Gasteiger partial charge in [-0.15, -0.1) is 0 Å². The van der Waals surface area contributed by atoms with Crippen LogP contribution < -0.4 is 0 Å². The van der Waals surface area contributed by atoms with Gasteiger partial charge in [0.15, 0.2) is 0 Å². The van der Waals surface area contributed by atoms with Crippen LogP contribution in [0.15, 0.2) is 47.4 Å². The van der Waals surface area contributed by atoms with Gasteiger partial charge in [0.1, 0.15) is 11.6 Å². The number of hydrogen-bond donors (Lipinski definition) is 1. The molecule has 94 valence electrons. The quantitative estimate of drug-likeness (QED) is 0.863. The molecule has 2 aromatic carbocycles. The first-order valence-electron chi connectivity index (χ1n) is 4.91. The Bertz CT molecular complexity index is 698. The van der Waals surface area contributed by atoms with E-state index in [1.807, 2.05) is 0 Å². The summed E-state index contributed by atoms with van der Waals surface area (Å²) in [7, 11) is 1.26. The zero-order chi connectivity index (χ0) is 13.3. The summed E-state index contributed by atoms with van der Waals surface area (Å²) in [4.78, 5) is -0.207. The first-order valence-corrected chi connectivity index (χ1v) is 7.22. The Labute approximate surface area is 108 Å². The van der Waals surface area contributed by atoms with Crippen LogP contribution in [0.2, 0.25) is 0 Å². The van der Waals surface area contributed by atoms with E-state index in [4.69, 9.17) is 10.7 Å². The zero-order valence-corrected chi connectivity index (χ0v) is 10.5. The summed E-state index contributed by atoms with van der Waals surface area (Å²) in [5.74, 6) is -0.719. The second-order valence-electron chi connectivity index (χ2n) is 3.63. The van der Waals surface area contributed by atoms with Crippen molar-refractivity contribution in [2.45, 2.75) is 4.90 Å². The Balaban J connectivity index is 2.55.